The predicted molar refractivity (Wildman–Crippen MR) is 83.8 cm³/mol. The fourth-order valence-electron chi connectivity index (χ4n) is 2.08. The van der Waals surface area contributed by atoms with Gasteiger partial charge in [-0.3, -0.25) is 0 Å². The van der Waals surface area contributed by atoms with Crippen molar-refractivity contribution in [1.82, 2.24) is 10.3 Å². The van der Waals surface area contributed by atoms with E-state index in [0.717, 1.165) is 0 Å². The number of benzene rings is 1. The van der Waals surface area contributed by atoms with Gasteiger partial charge in [-0.2, -0.15) is 0 Å². The van der Waals surface area contributed by atoms with Crippen LogP contribution in [0.3, 0.4) is 0 Å². The molecule has 0 spiro atoms. The van der Waals surface area contributed by atoms with E-state index in [0.29, 0.717) is 16.7 Å². The third-order valence-electron chi connectivity index (χ3n) is 3.17. The van der Waals surface area contributed by atoms with Crippen LogP contribution in [0.5, 0.6) is 0 Å². The van der Waals surface area contributed by atoms with Crippen LogP contribution in [-0.4, -0.2) is 39.5 Å². The highest BCUT2D eigenvalue weighted by atomic mass is 16.6. The van der Waals surface area contributed by atoms with Crippen molar-refractivity contribution in [2.45, 2.75) is 45.0 Å². The van der Waals surface area contributed by atoms with E-state index in [1.54, 1.807) is 39.0 Å². The number of amides is 1. The number of aliphatic hydroxyl groups excluding tert-OH is 2. The van der Waals surface area contributed by atoms with Gasteiger partial charge in [0, 0.05) is 6.54 Å². The minimum Gasteiger partial charge on any atom is -0.444 e. The predicted octanol–water partition coefficient (Wildman–Crippen LogP) is 2.14. The summed E-state index contributed by atoms with van der Waals surface area (Å²) in [5, 5.41) is 22.8. The smallest absolute Gasteiger partial charge is 0.407 e. The summed E-state index contributed by atoms with van der Waals surface area (Å²) in [4.78, 5) is 15.5. The van der Waals surface area contributed by atoms with Gasteiger partial charge in [0.05, 0.1) is 6.10 Å². The van der Waals surface area contributed by atoms with E-state index >= 15 is 0 Å². The van der Waals surface area contributed by atoms with Crippen LogP contribution in [-0.2, 0) is 4.74 Å². The summed E-state index contributed by atoms with van der Waals surface area (Å²) < 4.78 is 10.2. The van der Waals surface area contributed by atoms with Crippen LogP contribution in [0.25, 0.3) is 11.1 Å². The van der Waals surface area contributed by atoms with Gasteiger partial charge in [-0.15, -0.1) is 0 Å². The molecule has 1 heterocycles. The van der Waals surface area contributed by atoms with Crippen LogP contribution in [0.2, 0.25) is 0 Å². The van der Waals surface area contributed by atoms with Gasteiger partial charge in [-0.25, -0.2) is 9.78 Å². The zero-order valence-electron chi connectivity index (χ0n) is 13.4. The molecule has 0 bridgehead atoms. The molecule has 7 nitrogen and oxygen atoms in total. The number of ether oxygens (including phenoxy) is 1. The molecule has 0 saturated heterocycles. The van der Waals surface area contributed by atoms with Crippen LogP contribution in [0.4, 0.5) is 4.79 Å². The van der Waals surface area contributed by atoms with E-state index < -0.39 is 23.9 Å². The number of nitrogens with zero attached hydrogens (tertiary/aromatic N) is 1. The molecule has 126 valence electrons. The summed E-state index contributed by atoms with van der Waals surface area (Å²) in [5.74, 6) is 0. The summed E-state index contributed by atoms with van der Waals surface area (Å²) in [6.45, 7) is 5.50. The molecule has 0 radical (unpaired) electrons. The SMILES string of the molecule is CC(C)(C)OC(=O)NCCC(O)C(O)c1ccc2ocnc2c1. The Morgan fingerprint density at radius 2 is 2.13 bits per heavy atom. The quantitative estimate of drug-likeness (QED) is 0.779. The van der Waals surface area contributed by atoms with E-state index in [4.69, 9.17) is 9.15 Å². The zero-order chi connectivity index (χ0) is 17.0. The number of rotatable bonds is 5. The number of nitrogens with one attached hydrogen (secondary N) is 1. The Hall–Kier alpha value is -2.12. The largest absolute Gasteiger partial charge is 0.444 e. The lowest BCUT2D eigenvalue weighted by Crippen LogP contribution is -2.34. The van der Waals surface area contributed by atoms with Crippen LogP contribution >= 0.6 is 0 Å². The number of aromatic nitrogens is 1. The summed E-state index contributed by atoms with van der Waals surface area (Å²) >= 11 is 0. The van der Waals surface area contributed by atoms with E-state index in [-0.39, 0.29) is 13.0 Å². The minimum atomic E-state index is -1.07. The molecule has 1 amide bonds. The van der Waals surface area contributed by atoms with Gasteiger partial charge in [-0.1, -0.05) is 6.07 Å². The van der Waals surface area contributed by atoms with Crippen LogP contribution in [0.15, 0.2) is 29.0 Å². The molecule has 0 saturated carbocycles. The van der Waals surface area contributed by atoms with E-state index in [1.807, 2.05) is 0 Å². The second-order valence-corrected chi connectivity index (χ2v) is 6.31. The molecule has 2 unspecified atom stereocenters. The van der Waals surface area contributed by atoms with Crippen molar-refractivity contribution in [3.8, 4) is 0 Å². The molecule has 0 aliphatic rings. The lowest BCUT2D eigenvalue weighted by molar-refractivity contribution is 0.0123. The highest BCUT2D eigenvalue weighted by Gasteiger charge is 2.20. The van der Waals surface area contributed by atoms with Crippen molar-refractivity contribution in [3.63, 3.8) is 0 Å². The van der Waals surface area contributed by atoms with Crippen LogP contribution < -0.4 is 5.32 Å². The van der Waals surface area contributed by atoms with Gasteiger partial charge in [0.2, 0.25) is 0 Å². The molecular weight excluding hydrogens is 300 g/mol. The normalized spacial score (nSPS) is 14.5. The van der Waals surface area contributed by atoms with Crippen molar-refractivity contribution in [2.24, 2.45) is 0 Å². The molecule has 3 N–H and O–H groups in total. The number of alkyl carbamates (subject to hydrolysis) is 1. The molecule has 7 heteroatoms. The maximum Gasteiger partial charge on any atom is 0.407 e. The van der Waals surface area contributed by atoms with Gasteiger partial charge in [-0.05, 0) is 44.9 Å². The zero-order valence-corrected chi connectivity index (χ0v) is 13.4. The molecular formula is C16H22N2O5. The summed E-state index contributed by atoms with van der Waals surface area (Å²) in [6, 6.07) is 5.02. The molecule has 2 aromatic rings. The Labute approximate surface area is 134 Å². The maximum absolute atomic E-state index is 11.5. The van der Waals surface area contributed by atoms with Gasteiger partial charge in [0.15, 0.2) is 12.0 Å². The molecule has 1 aromatic carbocycles. The third-order valence-corrected chi connectivity index (χ3v) is 3.17. The summed E-state index contributed by atoms with van der Waals surface area (Å²) in [5.41, 5.74) is 1.19. The average molecular weight is 322 g/mol. The number of carbonyl (C=O) groups is 1. The fourth-order valence-corrected chi connectivity index (χ4v) is 2.08. The van der Waals surface area contributed by atoms with Crippen molar-refractivity contribution >= 4 is 17.2 Å². The van der Waals surface area contributed by atoms with E-state index in [1.165, 1.54) is 6.39 Å². The number of aliphatic hydroxyl groups is 2. The first-order chi connectivity index (χ1) is 10.8. The maximum atomic E-state index is 11.5. The summed E-state index contributed by atoms with van der Waals surface area (Å²) in [7, 11) is 0. The molecule has 23 heavy (non-hydrogen) atoms. The van der Waals surface area contributed by atoms with E-state index in [2.05, 4.69) is 10.3 Å². The van der Waals surface area contributed by atoms with Crippen molar-refractivity contribution in [2.75, 3.05) is 6.54 Å². The highest BCUT2D eigenvalue weighted by molar-refractivity contribution is 5.72. The number of hydrogen-bond donors (Lipinski definition) is 3. The van der Waals surface area contributed by atoms with Crippen molar-refractivity contribution in [1.29, 1.82) is 0 Å². The Morgan fingerprint density at radius 1 is 1.39 bits per heavy atom. The third kappa shape index (κ3) is 4.94. The van der Waals surface area contributed by atoms with Gasteiger partial charge in [0.25, 0.3) is 0 Å². The lowest BCUT2D eigenvalue weighted by atomic mass is 10.0. The first kappa shape index (κ1) is 17.2. The Bertz CT molecular complexity index is 662. The summed E-state index contributed by atoms with van der Waals surface area (Å²) in [6.07, 6.45) is -1.13. The second kappa shape index (κ2) is 6.97. The Balaban J connectivity index is 1.85. The monoisotopic (exact) mass is 322 g/mol. The molecule has 0 aliphatic heterocycles. The Kier molecular flexibility index (Phi) is 5.23. The number of fused-ring (bicyclic) bond motifs is 1. The lowest BCUT2D eigenvalue weighted by Gasteiger charge is -2.21. The average Bonchev–Trinajstić information content (AvgIpc) is 2.91. The van der Waals surface area contributed by atoms with Gasteiger partial charge < -0.3 is 24.7 Å². The molecule has 0 aliphatic carbocycles. The first-order valence-electron chi connectivity index (χ1n) is 7.42. The van der Waals surface area contributed by atoms with Crippen molar-refractivity contribution in [3.05, 3.63) is 30.2 Å². The Morgan fingerprint density at radius 3 is 2.83 bits per heavy atom. The fraction of sp³-hybridized carbons (Fsp3) is 0.500. The molecule has 2 atom stereocenters. The highest BCUT2D eigenvalue weighted by Crippen LogP contribution is 2.23. The van der Waals surface area contributed by atoms with E-state index in [9.17, 15) is 15.0 Å². The number of carbonyl (C=O) groups excluding carboxylic acids is 1. The topological polar surface area (TPSA) is 105 Å². The first-order valence-corrected chi connectivity index (χ1v) is 7.42. The van der Waals surface area contributed by atoms with Crippen LogP contribution in [0.1, 0.15) is 38.9 Å². The van der Waals surface area contributed by atoms with Gasteiger partial charge in [0.1, 0.15) is 17.2 Å². The molecule has 1 aromatic heterocycles. The second-order valence-electron chi connectivity index (χ2n) is 6.31. The van der Waals surface area contributed by atoms with Crippen molar-refractivity contribution < 1.29 is 24.2 Å². The molecule has 2 rings (SSSR count). The number of oxazole rings is 1. The number of hydrogen-bond acceptors (Lipinski definition) is 6. The standard InChI is InChI=1S/C16H22N2O5/c1-16(2,3)23-15(21)17-7-6-12(19)14(20)10-4-5-13-11(8-10)18-9-22-13/h4-5,8-9,12,14,19-20H,6-7H2,1-3H3,(H,17,21). The molecule has 0 fully saturated rings. The minimum absolute atomic E-state index is 0.192. The van der Waals surface area contributed by atoms with Gasteiger partial charge >= 0.3 is 6.09 Å². The van der Waals surface area contributed by atoms with Crippen LogP contribution in [0, 0.1) is 0 Å².